The molecule has 0 fully saturated rings. The Balaban J connectivity index is 2.31. The van der Waals surface area contributed by atoms with Gasteiger partial charge in [0.05, 0.1) is 12.7 Å². The minimum Gasteiger partial charge on any atom is -0.465 e. The van der Waals surface area contributed by atoms with Crippen LogP contribution >= 0.6 is 27.3 Å². The average molecular weight is 369 g/mol. The highest BCUT2D eigenvalue weighted by Crippen LogP contribution is 2.33. The van der Waals surface area contributed by atoms with Crippen molar-refractivity contribution in [2.75, 3.05) is 12.4 Å². The van der Waals surface area contributed by atoms with Gasteiger partial charge in [-0.25, -0.2) is 9.78 Å². The van der Waals surface area contributed by atoms with Crippen LogP contribution in [-0.2, 0) is 4.74 Å². The summed E-state index contributed by atoms with van der Waals surface area (Å²) in [5.41, 5.74) is 1.48. The van der Waals surface area contributed by atoms with E-state index in [1.807, 2.05) is 13.8 Å². The summed E-state index contributed by atoms with van der Waals surface area (Å²) >= 11 is 4.60. The summed E-state index contributed by atoms with van der Waals surface area (Å²) in [7, 11) is 1.32. The van der Waals surface area contributed by atoms with Crippen LogP contribution < -0.4 is 5.32 Å². The summed E-state index contributed by atoms with van der Waals surface area (Å²) in [6, 6.07) is 3.33. The van der Waals surface area contributed by atoms with Gasteiger partial charge in [0.1, 0.15) is 10.7 Å². The first kappa shape index (κ1) is 15.7. The number of nitrogens with zero attached hydrogens (tertiary/aromatic N) is 1. The van der Waals surface area contributed by atoms with Gasteiger partial charge in [-0.05, 0) is 47.5 Å². The molecule has 0 aliphatic rings. The Bertz CT molecular complexity index is 695. The molecule has 0 atom stereocenters. The predicted molar refractivity (Wildman–Crippen MR) is 85.0 cm³/mol. The Labute approximate surface area is 134 Å². The number of aryl methyl sites for hydroxylation is 1. The van der Waals surface area contributed by atoms with Gasteiger partial charge in [0.15, 0.2) is 0 Å². The average Bonchev–Trinajstić information content (AvgIpc) is 2.73. The first-order valence-corrected chi connectivity index (χ1v) is 7.66. The number of carbonyl (C=O) groups is 2. The smallest absolute Gasteiger partial charge is 0.341 e. The fraction of sp³-hybridized carbons (Fsp3) is 0.214. The van der Waals surface area contributed by atoms with Crippen molar-refractivity contribution in [1.29, 1.82) is 0 Å². The molecule has 0 saturated heterocycles. The van der Waals surface area contributed by atoms with E-state index in [0.29, 0.717) is 10.6 Å². The Kier molecular flexibility index (Phi) is 4.74. The van der Waals surface area contributed by atoms with Crippen LogP contribution in [0.15, 0.2) is 22.8 Å². The maximum Gasteiger partial charge on any atom is 0.341 e. The highest BCUT2D eigenvalue weighted by atomic mass is 79.9. The Morgan fingerprint density at radius 2 is 2.05 bits per heavy atom. The van der Waals surface area contributed by atoms with Gasteiger partial charge in [0.25, 0.3) is 5.91 Å². The molecule has 0 bridgehead atoms. The number of halogens is 1. The van der Waals surface area contributed by atoms with Crippen molar-refractivity contribution in [3.63, 3.8) is 0 Å². The summed E-state index contributed by atoms with van der Waals surface area (Å²) < 4.78 is 5.56. The number of amides is 1. The van der Waals surface area contributed by atoms with Gasteiger partial charge in [-0.1, -0.05) is 0 Å². The molecular formula is C14H13BrN2O3S. The monoisotopic (exact) mass is 368 g/mol. The predicted octanol–water partition coefficient (Wildman–Crippen LogP) is 3.56. The number of carbonyl (C=O) groups excluding carboxylic acids is 2. The van der Waals surface area contributed by atoms with Crippen molar-refractivity contribution in [3.05, 3.63) is 44.5 Å². The molecule has 5 nitrogen and oxygen atoms in total. The minimum absolute atomic E-state index is 0.276. The van der Waals surface area contributed by atoms with E-state index in [9.17, 15) is 9.59 Å². The zero-order chi connectivity index (χ0) is 15.6. The molecule has 2 rings (SSSR count). The number of methoxy groups -OCH3 is 1. The molecule has 0 aliphatic carbocycles. The molecule has 2 aromatic heterocycles. The Hall–Kier alpha value is -1.73. The van der Waals surface area contributed by atoms with Crippen LogP contribution in [0, 0.1) is 13.8 Å². The lowest BCUT2D eigenvalue weighted by atomic mass is 10.1. The van der Waals surface area contributed by atoms with Gasteiger partial charge in [0.2, 0.25) is 0 Å². The number of anilines is 1. The topological polar surface area (TPSA) is 68.3 Å². The molecule has 0 aromatic carbocycles. The standard InChI is InChI=1S/C14H13BrN2O3S/c1-7-8(2)21-13(11(7)14(19)20-3)17-12(18)10-5-4-9(15)6-16-10/h4-6H,1-3H3,(H,17,18). The number of hydrogen-bond acceptors (Lipinski definition) is 5. The molecule has 21 heavy (non-hydrogen) atoms. The summed E-state index contributed by atoms with van der Waals surface area (Å²) in [5, 5.41) is 3.20. The van der Waals surface area contributed by atoms with E-state index in [4.69, 9.17) is 4.74 Å². The number of pyridine rings is 1. The molecule has 110 valence electrons. The van der Waals surface area contributed by atoms with Crippen molar-refractivity contribution < 1.29 is 14.3 Å². The van der Waals surface area contributed by atoms with E-state index in [1.54, 1.807) is 18.3 Å². The van der Waals surface area contributed by atoms with Gasteiger partial charge in [-0.2, -0.15) is 0 Å². The summed E-state index contributed by atoms with van der Waals surface area (Å²) in [4.78, 5) is 29.0. The SMILES string of the molecule is COC(=O)c1c(NC(=O)c2ccc(Br)cn2)sc(C)c1C. The second-order valence-corrected chi connectivity index (χ2v) is 6.44. The van der Waals surface area contributed by atoms with Crippen LogP contribution in [0.25, 0.3) is 0 Å². The van der Waals surface area contributed by atoms with Gasteiger partial charge >= 0.3 is 5.97 Å². The maximum absolute atomic E-state index is 12.2. The van der Waals surface area contributed by atoms with Crippen LogP contribution in [0.4, 0.5) is 5.00 Å². The van der Waals surface area contributed by atoms with Crippen molar-refractivity contribution in [1.82, 2.24) is 4.98 Å². The van der Waals surface area contributed by atoms with E-state index in [-0.39, 0.29) is 11.6 Å². The molecule has 0 spiro atoms. The van der Waals surface area contributed by atoms with Crippen molar-refractivity contribution in [2.45, 2.75) is 13.8 Å². The van der Waals surface area contributed by atoms with E-state index < -0.39 is 5.97 Å². The largest absolute Gasteiger partial charge is 0.465 e. The second kappa shape index (κ2) is 6.36. The number of ether oxygens (including phenoxy) is 1. The summed E-state index contributed by atoms with van der Waals surface area (Å²) in [6.07, 6.45) is 1.54. The second-order valence-electron chi connectivity index (χ2n) is 4.29. The molecule has 0 radical (unpaired) electrons. The Morgan fingerprint density at radius 3 is 2.62 bits per heavy atom. The summed E-state index contributed by atoms with van der Waals surface area (Å²) in [6.45, 7) is 3.71. The molecule has 0 aliphatic heterocycles. The number of hydrogen-bond donors (Lipinski definition) is 1. The van der Waals surface area contributed by atoms with Crippen LogP contribution in [-0.4, -0.2) is 24.0 Å². The third-order valence-corrected chi connectivity index (χ3v) is 4.55. The van der Waals surface area contributed by atoms with Gasteiger partial charge < -0.3 is 10.1 Å². The fourth-order valence-electron chi connectivity index (χ4n) is 1.74. The number of thiophene rings is 1. The third kappa shape index (κ3) is 3.30. The first-order chi connectivity index (χ1) is 9.93. The fourth-order valence-corrected chi connectivity index (χ4v) is 3.02. The van der Waals surface area contributed by atoms with Crippen molar-refractivity contribution >= 4 is 44.1 Å². The minimum atomic E-state index is -0.462. The Morgan fingerprint density at radius 1 is 1.33 bits per heavy atom. The molecule has 1 amide bonds. The van der Waals surface area contributed by atoms with Crippen LogP contribution in [0.1, 0.15) is 31.3 Å². The normalized spacial score (nSPS) is 10.3. The lowest BCUT2D eigenvalue weighted by Gasteiger charge is -2.05. The molecule has 2 heterocycles. The third-order valence-electron chi connectivity index (χ3n) is 2.96. The highest BCUT2D eigenvalue weighted by Gasteiger charge is 2.22. The lowest BCUT2D eigenvalue weighted by Crippen LogP contribution is -2.15. The number of rotatable bonds is 3. The molecule has 0 saturated carbocycles. The molecule has 2 aromatic rings. The maximum atomic E-state index is 12.2. The zero-order valence-corrected chi connectivity index (χ0v) is 14.1. The van der Waals surface area contributed by atoms with Crippen molar-refractivity contribution in [2.24, 2.45) is 0 Å². The van der Waals surface area contributed by atoms with E-state index >= 15 is 0 Å². The van der Waals surface area contributed by atoms with Crippen LogP contribution in [0.5, 0.6) is 0 Å². The summed E-state index contributed by atoms with van der Waals surface area (Å²) in [5.74, 6) is -0.829. The van der Waals surface area contributed by atoms with Gasteiger partial charge in [-0.15, -0.1) is 11.3 Å². The number of esters is 1. The van der Waals surface area contributed by atoms with Gasteiger partial charge in [0, 0.05) is 15.5 Å². The highest BCUT2D eigenvalue weighted by molar-refractivity contribution is 9.10. The van der Waals surface area contributed by atoms with E-state index in [0.717, 1.165) is 14.9 Å². The van der Waals surface area contributed by atoms with Crippen LogP contribution in [0.2, 0.25) is 0 Å². The van der Waals surface area contributed by atoms with Gasteiger partial charge in [-0.3, -0.25) is 4.79 Å². The molecular weight excluding hydrogens is 356 g/mol. The molecule has 7 heteroatoms. The lowest BCUT2D eigenvalue weighted by molar-refractivity contribution is 0.0601. The number of aromatic nitrogens is 1. The zero-order valence-electron chi connectivity index (χ0n) is 11.7. The molecule has 0 unspecified atom stereocenters. The quantitative estimate of drug-likeness (QED) is 0.840. The van der Waals surface area contributed by atoms with E-state index in [1.165, 1.54) is 18.4 Å². The molecule has 1 N–H and O–H groups in total. The van der Waals surface area contributed by atoms with E-state index in [2.05, 4.69) is 26.2 Å². The first-order valence-electron chi connectivity index (χ1n) is 6.05. The number of nitrogens with one attached hydrogen (secondary N) is 1. The van der Waals surface area contributed by atoms with Crippen LogP contribution in [0.3, 0.4) is 0 Å². The van der Waals surface area contributed by atoms with Crippen molar-refractivity contribution in [3.8, 4) is 0 Å².